The average Bonchev–Trinajstić information content (AvgIpc) is 2.97. The molecule has 0 bridgehead atoms. The molecule has 150 valence electrons. The van der Waals surface area contributed by atoms with Crippen molar-refractivity contribution in [1.29, 1.82) is 0 Å². The second kappa shape index (κ2) is 7.07. The highest BCUT2D eigenvalue weighted by Gasteiger charge is 2.60. The summed E-state index contributed by atoms with van der Waals surface area (Å²) in [7, 11) is 0. The molecule has 0 spiro atoms. The molecule has 2 heteroatoms. The van der Waals surface area contributed by atoms with Crippen LogP contribution in [0.4, 0.5) is 0 Å². The van der Waals surface area contributed by atoms with Gasteiger partial charge in [-0.25, -0.2) is 0 Å². The lowest BCUT2D eigenvalue weighted by atomic mass is 9.44. The Morgan fingerprint density at radius 3 is 2.42 bits per heavy atom. The third-order valence-electron chi connectivity index (χ3n) is 10.2. The quantitative estimate of drug-likeness (QED) is 0.701. The normalized spacial score (nSPS) is 52.0. The van der Waals surface area contributed by atoms with E-state index in [2.05, 4.69) is 20.8 Å². The van der Waals surface area contributed by atoms with E-state index < -0.39 is 0 Å². The van der Waals surface area contributed by atoms with Crippen molar-refractivity contribution in [1.82, 2.24) is 0 Å². The lowest BCUT2D eigenvalue weighted by molar-refractivity contribution is -0.129. The van der Waals surface area contributed by atoms with Crippen molar-refractivity contribution in [3.8, 4) is 0 Å². The molecule has 0 aromatic heterocycles. The molecule has 4 aliphatic rings. The van der Waals surface area contributed by atoms with Crippen LogP contribution in [0.3, 0.4) is 0 Å². The highest BCUT2D eigenvalue weighted by atomic mass is 16.3. The van der Waals surface area contributed by atoms with Crippen molar-refractivity contribution in [3.63, 3.8) is 0 Å². The molecule has 8 unspecified atom stereocenters. The lowest BCUT2D eigenvalue weighted by Crippen LogP contribution is -2.54. The highest BCUT2D eigenvalue weighted by molar-refractivity contribution is 5.09. The first-order chi connectivity index (χ1) is 12.4. The van der Waals surface area contributed by atoms with E-state index in [1.54, 1.807) is 0 Å². The van der Waals surface area contributed by atoms with Gasteiger partial charge in [0.25, 0.3) is 0 Å². The van der Waals surface area contributed by atoms with Crippen LogP contribution in [0, 0.1) is 46.3 Å². The van der Waals surface area contributed by atoms with Gasteiger partial charge < -0.3 is 10.2 Å². The standard InChI is InChI=1S/C24H42O2/c1-16(5-4-14-25)20-8-9-21-19-7-6-17-15-18(26)10-12-23(17,2)22(19)11-13-24(20,21)3/h16-22,25-26H,4-15H2,1-3H3/t16?,17-,18?,19?,20?,21?,22?,23?,24?/m1/s1. The van der Waals surface area contributed by atoms with Gasteiger partial charge in [0.2, 0.25) is 0 Å². The van der Waals surface area contributed by atoms with Gasteiger partial charge in [-0.1, -0.05) is 20.8 Å². The third-order valence-corrected chi connectivity index (χ3v) is 10.2. The van der Waals surface area contributed by atoms with E-state index in [1.807, 2.05) is 0 Å². The van der Waals surface area contributed by atoms with Crippen molar-refractivity contribution < 1.29 is 10.2 Å². The van der Waals surface area contributed by atoms with Gasteiger partial charge in [-0.2, -0.15) is 0 Å². The van der Waals surface area contributed by atoms with Gasteiger partial charge in [-0.05, 0) is 117 Å². The summed E-state index contributed by atoms with van der Waals surface area (Å²) in [5.74, 6) is 5.22. The first-order valence-electron chi connectivity index (χ1n) is 11.7. The number of rotatable bonds is 4. The summed E-state index contributed by atoms with van der Waals surface area (Å²) in [4.78, 5) is 0. The molecule has 2 N–H and O–H groups in total. The van der Waals surface area contributed by atoms with E-state index in [9.17, 15) is 10.2 Å². The summed E-state index contributed by atoms with van der Waals surface area (Å²) in [6.45, 7) is 8.05. The van der Waals surface area contributed by atoms with E-state index in [1.165, 1.54) is 51.4 Å². The van der Waals surface area contributed by atoms with Crippen LogP contribution in [0.5, 0.6) is 0 Å². The van der Waals surface area contributed by atoms with E-state index in [0.29, 0.717) is 17.4 Å². The molecule has 0 heterocycles. The van der Waals surface area contributed by atoms with Crippen LogP contribution < -0.4 is 0 Å². The van der Waals surface area contributed by atoms with E-state index in [4.69, 9.17) is 0 Å². The Hall–Kier alpha value is -0.0800. The van der Waals surface area contributed by atoms with Crippen molar-refractivity contribution in [2.75, 3.05) is 6.61 Å². The molecular formula is C24H42O2. The molecule has 0 saturated heterocycles. The second-order valence-electron chi connectivity index (χ2n) is 11.2. The minimum atomic E-state index is -0.0262. The third kappa shape index (κ3) is 2.89. The molecule has 2 nitrogen and oxygen atoms in total. The van der Waals surface area contributed by atoms with Crippen LogP contribution in [-0.2, 0) is 0 Å². The SMILES string of the molecule is CC(CCCO)C1CCC2C3CC[C@@H]4CC(O)CCC4(C)C3CCC12C. The monoisotopic (exact) mass is 362 g/mol. The molecule has 26 heavy (non-hydrogen) atoms. The number of fused-ring (bicyclic) bond motifs is 5. The van der Waals surface area contributed by atoms with Crippen LogP contribution >= 0.6 is 0 Å². The Kier molecular flexibility index (Phi) is 5.23. The minimum absolute atomic E-state index is 0.0262. The fraction of sp³-hybridized carbons (Fsp3) is 1.00. The maximum Gasteiger partial charge on any atom is 0.0543 e. The van der Waals surface area contributed by atoms with Gasteiger partial charge in [-0.3, -0.25) is 0 Å². The van der Waals surface area contributed by atoms with E-state index in [-0.39, 0.29) is 6.10 Å². The summed E-state index contributed by atoms with van der Waals surface area (Å²) < 4.78 is 0. The van der Waals surface area contributed by atoms with Gasteiger partial charge >= 0.3 is 0 Å². The predicted octanol–water partition coefficient (Wildman–Crippen LogP) is 5.41. The zero-order chi connectivity index (χ0) is 18.5. The van der Waals surface area contributed by atoms with Gasteiger partial charge in [0, 0.05) is 6.61 Å². The Balaban J connectivity index is 1.52. The van der Waals surface area contributed by atoms with E-state index >= 15 is 0 Å². The first-order valence-corrected chi connectivity index (χ1v) is 11.7. The van der Waals surface area contributed by atoms with Crippen LogP contribution in [0.1, 0.15) is 91.4 Å². The Morgan fingerprint density at radius 1 is 0.923 bits per heavy atom. The number of hydrogen-bond acceptors (Lipinski definition) is 2. The molecule has 0 aromatic carbocycles. The summed E-state index contributed by atoms with van der Waals surface area (Å²) in [5, 5.41) is 19.4. The van der Waals surface area contributed by atoms with Gasteiger partial charge in [-0.15, -0.1) is 0 Å². The van der Waals surface area contributed by atoms with Crippen LogP contribution in [0.2, 0.25) is 0 Å². The highest BCUT2D eigenvalue weighted by Crippen LogP contribution is 2.68. The fourth-order valence-corrected chi connectivity index (χ4v) is 8.83. The topological polar surface area (TPSA) is 40.5 Å². The second-order valence-corrected chi connectivity index (χ2v) is 11.2. The minimum Gasteiger partial charge on any atom is -0.396 e. The summed E-state index contributed by atoms with van der Waals surface area (Å²) in [6, 6.07) is 0. The number of hydrogen-bond donors (Lipinski definition) is 2. The van der Waals surface area contributed by atoms with E-state index in [0.717, 1.165) is 54.8 Å². The molecule has 4 saturated carbocycles. The zero-order valence-corrected chi connectivity index (χ0v) is 17.4. The van der Waals surface area contributed by atoms with Crippen LogP contribution in [0.25, 0.3) is 0 Å². The van der Waals surface area contributed by atoms with Crippen LogP contribution in [-0.4, -0.2) is 22.9 Å². The molecule has 4 aliphatic carbocycles. The van der Waals surface area contributed by atoms with Gasteiger partial charge in [0.15, 0.2) is 0 Å². The smallest absolute Gasteiger partial charge is 0.0543 e. The Labute approximate surface area is 161 Å². The molecule has 4 rings (SSSR count). The molecule has 0 aliphatic heterocycles. The molecule has 4 fully saturated rings. The molecule has 0 amide bonds. The number of aliphatic hydroxyl groups excluding tert-OH is 2. The zero-order valence-electron chi connectivity index (χ0n) is 17.4. The van der Waals surface area contributed by atoms with Crippen LogP contribution in [0.15, 0.2) is 0 Å². The lowest BCUT2D eigenvalue weighted by Gasteiger charge is -2.61. The van der Waals surface area contributed by atoms with Crippen molar-refractivity contribution in [2.24, 2.45) is 46.3 Å². The predicted molar refractivity (Wildman–Crippen MR) is 107 cm³/mol. The first kappa shape index (κ1) is 19.2. The number of aliphatic hydroxyl groups is 2. The fourth-order valence-electron chi connectivity index (χ4n) is 8.83. The molecular weight excluding hydrogens is 320 g/mol. The molecule has 0 radical (unpaired) electrons. The van der Waals surface area contributed by atoms with Gasteiger partial charge in [0.05, 0.1) is 6.10 Å². The summed E-state index contributed by atoms with van der Waals surface area (Å²) in [6.07, 6.45) is 14.1. The maximum absolute atomic E-state index is 10.2. The summed E-state index contributed by atoms with van der Waals surface area (Å²) in [5.41, 5.74) is 1.05. The average molecular weight is 363 g/mol. The maximum atomic E-state index is 10.2. The van der Waals surface area contributed by atoms with Gasteiger partial charge in [0.1, 0.15) is 0 Å². The summed E-state index contributed by atoms with van der Waals surface area (Å²) >= 11 is 0. The van der Waals surface area contributed by atoms with Crippen molar-refractivity contribution >= 4 is 0 Å². The Bertz CT molecular complexity index is 504. The van der Waals surface area contributed by atoms with Crippen molar-refractivity contribution in [2.45, 2.75) is 97.5 Å². The molecule has 9 atom stereocenters. The molecule has 0 aromatic rings. The largest absolute Gasteiger partial charge is 0.396 e. The Morgan fingerprint density at radius 2 is 1.65 bits per heavy atom. The van der Waals surface area contributed by atoms with Crippen molar-refractivity contribution in [3.05, 3.63) is 0 Å².